The molecule has 5 heteroatoms. The molecule has 0 spiro atoms. The molecule has 0 unspecified atom stereocenters. The lowest BCUT2D eigenvalue weighted by Crippen LogP contribution is -1.99. The van der Waals surface area contributed by atoms with E-state index in [1.54, 1.807) is 11.3 Å². The highest BCUT2D eigenvalue weighted by Crippen LogP contribution is 2.26. The van der Waals surface area contributed by atoms with Crippen LogP contribution >= 0.6 is 11.3 Å². The number of nitrogens with zero attached hydrogens (tertiary/aromatic N) is 1. The van der Waals surface area contributed by atoms with Crippen molar-refractivity contribution < 1.29 is 14.3 Å². The van der Waals surface area contributed by atoms with E-state index in [4.69, 9.17) is 9.52 Å². The Hall–Kier alpha value is -1.62. The molecule has 2 aromatic rings. The number of hydrogen-bond acceptors (Lipinski definition) is 4. The van der Waals surface area contributed by atoms with Gasteiger partial charge in [0.1, 0.15) is 6.26 Å². The number of oxazole rings is 1. The molecule has 0 amide bonds. The van der Waals surface area contributed by atoms with Gasteiger partial charge in [0.05, 0.1) is 17.0 Å². The van der Waals surface area contributed by atoms with Gasteiger partial charge >= 0.3 is 5.97 Å². The molecule has 2 aromatic heterocycles. The van der Waals surface area contributed by atoms with Crippen molar-refractivity contribution in [3.63, 3.8) is 0 Å². The number of aliphatic carboxylic acids is 1. The Labute approximate surface area is 90.2 Å². The fourth-order valence-electron chi connectivity index (χ4n) is 1.21. The van der Waals surface area contributed by atoms with Gasteiger partial charge < -0.3 is 9.52 Å². The summed E-state index contributed by atoms with van der Waals surface area (Å²) >= 11 is 1.57. The highest BCUT2D eigenvalue weighted by Gasteiger charge is 2.10. The summed E-state index contributed by atoms with van der Waals surface area (Å²) in [5.41, 5.74) is 0.448. The molecule has 0 aromatic carbocycles. The van der Waals surface area contributed by atoms with Gasteiger partial charge in [-0.25, -0.2) is 4.98 Å². The van der Waals surface area contributed by atoms with Crippen LogP contribution in [0.15, 0.2) is 22.8 Å². The van der Waals surface area contributed by atoms with E-state index < -0.39 is 5.97 Å². The third-order valence-electron chi connectivity index (χ3n) is 1.84. The van der Waals surface area contributed by atoms with E-state index in [-0.39, 0.29) is 6.42 Å². The van der Waals surface area contributed by atoms with E-state index in [0.717, 1.165) is 4.88 Å². The van der Waals surface area contributed by atoms with Crippen LogP contribution in [0.3, 0.4) is 0 Å². The Morgan fingerprint density at radius 3 is 3.00 bits per heavy atom. The second kappa shape index (κ2) is 3.86. The quantitative estimate of drug-likeness (QED) is 0.867. The van der Waals surface area contributed by atoms with Crippen molar-refractivity contribution >= 4 is 17.3 Å². The van der Waals surface area contributed by atoms with Crippen molar-refractivity contribution in [1.29, 1.82) is 0 Å². The largest absolute Gasteiger partial charge is 0.481 e. The molecule has 0 aliphatic carbocycles. The van der Waals surface area contributed by atoms with Gasteiger partial charge in [-0.1, -0.05) is 0 Å². The third-order valence-corrected chi connectivity index (χ3v) is 2.82. The topological polar surface area (TPSA) is 63.3 Å². The zero-order valence-corrected chi connectivity index (χ0v) is 8.87. The van der Waals surface area contributed by atoms with Crippen molar-refractivity contribution in [3.8, 4) is 10.8 Å². The molecule has 0 aliphatic heterocycles. The molecule has 0 bridgehead atoms. The Kier molecular flexibility index (Phi) is 2.55. The van der Waals surface area contributed by atoms with Crippen molar-refractivity contribution in [2.24, 2.45) is 0 Å². The molecule has 4 nitrogen and oxygen atoms in total. The number of rotatable bonds is 3. The third kappa shape index (κ3) is 2.24. The summed E-state index contributed by atoms with van der Waals surface area (Å²) in [6, 6.07) is 3.89. The average molecular weight is 223 g/mol. The minimum Gasteiger partial charge on any atom is -0.481 e. The van der Waals surface area contributed by atoms with Crippen molar-refractivity contribution in [3.05, 3.63) is 29.0 Å². The summed E-state index contributed by atoms with van der Waals surface area (Å²) in [5.74, 6) is -0.415. The zero-order valence-electron chi connectivity index (χ0n) is 8.06. The van der Waals surface area contributed by atoms with Crippen LogP contribution in [-0.2, 0) is 11.2 Å². The predicted molar refractivity (Wildman–Crippen MR) is 55.9 cm³/mol. The Bertz CT molecular complexity index is 486. The molecule has 0 saturated heterocycles. The lowest BCUT2D eigenvalue weighted by atomic mass is 10.3. The van der Waals surface area contributed by atoms with Gasteiger partial charge in [-0.15, -0.1) is 11.3 Å². The summed E-state index contributed by atoms with van der Waals surface area (Å²) in [5, 5.41) is 8.57. The average Bonchev–Trinajstić information content (AvgIpc) is 2.72. The first-order chi connectivity index (χ1) is 7.15. The highest BCUT2D eigenvalue weighted by atomic mass is 32.1. The maximum Gasteiger partial charge on any atom is 0.309 e. The van der Waals surface area contributed by atoms with E-state index >= 15 is 0 Å². The maximum atomic E-state index is 10.4. The monoisotopic (exact) mass is 223 g/mol. The van der Waals surface area contributed by atoms with Crippen LogP contribution in [0.1, 0.15) is 10.6 Å². The number of aryl methyl sites for hydroxylation is 1. The fourth-order valence-corrected chi connectivity index (χ4v) is 2.01. The fraction of sp³-hybridized carbons (Fsp3) is 0.200. The number of hydrogen-bond donors (Lipinski definition) is 1. The van der Waals surface area contributed by atoms with E-state index in [1.807, 2.05) is 19.1 Å². The highest BCUT2D eigenvalue weighted by molar-refractivity contribution is 7.15. The van der Waals surface area contributed by atoms with Crippen LogP contribution in [0.4, 0.5) is 0 Å². The summed E-state index contributed by atoms with van der Waals surface area (Å²) < 4.78 is 5.20. The number of carboxylic acids is 1. The molecule has 0 atom stereocenters. The van der Waals surface area contributed by atoms with Gasteiger partial charge in [-0.3, -0.25) is 4.79 Å². The second-order valence-corrected chi connectivity index (χ2v) is 4.41. The smallest absolute Gasteiger partial charge is 0.309 e. The minimum atomic E-state index is -0.905. The van der Waals surface area contributed by atoms with Crippen LogP contribution in [0.2, 0.25) is 0 Å². The van der Waals surface area contributed by atoms with Gasteiger partial charge in [0, 0.05) is 4.88 Å². The summed E-state index contributed by atoms with van der Waals surface area (Å²) in [7, 11) is 0. The second-order valence-electron chi connectivity index (χ2n) is 3.12. The zero-order chi connectivity index (χ0) is 10.8. The number of aromatic nitrogens is 1. The molecule has 1 N–H and O–H groups in total. The van der Waals surface area contributed by atoms with Crippen LogP contribution in [0, 0.1) is 6.92 Å². The predicted octanol–water partition coefficient (Wildman–Crippen LogP) is 2.34. The lowest BCUT2D eigenvalue weighted by Gasteiger charge is -1.86. The molecule has 0 saturated carbocycles. The minimum absolute atomic E-state index is 0.103. The van der Waals surface area contributed by atoms with Gasteiger partial charge in [0.2, 0.25) is 5.89 Å². The molecule has 2 heterocycles. The molecular formula is C10H9NO3S. The van der Waals surface area contributed by atoms with E-state index in [1.165, 1.54) is 11.1 Å². The van der Waals surface area contributed by atoms with Gasteiger partial charge in [-0.2, -0.15) is 0 Å². The SMILES string of the molecule is Cc1ccc(-c2nc(CC(=O)O)co2)s1. The summed E-state index contributed by atoms with van der Waals surface area (Å²) in [6.45, 7) is 2.00. The Balaban J connectivity index is 2.23. The molecule has 0 aliphatic rings. The summed E-state index contributed by atoms with van der Waals surface area (Å²) in [6.07, 6.45) is 1.28. The number of carbonyl (C=O) groups is 1. The van der Waals surface area contributed by atoms with E-state index in [2.05, 4.69) is 4.98 Å². The standard InChI is InChI=1S/C10H9NO3S/c1-6-2-3-8(15-6)10-11-7(5-14-10)4-9(12)13/h2-3,5H,4H2,1H3,(H,12,13). The van der Waals surface area contributed by atoms with E-state index in [0.29, 0.717) is 11.6 Å². The molecule has 78 valence electrons. The molecule has 0 radical (unpaired) electrons. The van der Waals surface area contributed by atoms with Gasteiger partial charge in [0.15, 0.2) is 0 Å². The van der Waals surface area contributed by atoms with Crippen molar-refractivity contribution in [2.45, 2.75) is 13.3 Å². The maximum absolute atomic E-state index is 10.4. The molecular weight excluding hydrogens is 214 g/mol. The number of carboxylic acid groups (broad SMARTS) is 1. The lowest BCUT2D eigenvalue weighted by molar-refractivity contribution is -0.136. The molecule has 15 heavy (non-hydrogen) atoms. The first-order valence-corrected chi connectivity index (χ1v) is 5.20. The summed E-state index contributed by atoms with van der Waals surface area (Å²) in [4.78, 5) is 16.6. The molecule has 0 fully saturated rings. The van der Waals surface area contributed by atoms with Gasteiger partial charge in [-0.05, 0) is 19.1 Å². The number of thiophene rings is 1. The van der Waals surface area contributed by atoms with Gasteiger partial charge in [0.25, 0.3) is 0 Å². The van der Waals surface area contributed by atoms with Crippen LogP contribution in [-0.4, -0.2) is 16.1 Å². The van der Waals surface area contributed by atoms with Crippen LogP contribution < -0.4 is 0 Å². The Morgan fingerprint density at radius 2 is 2.40 bits per heavy atom. The first-order valence-electron chi connectivity index (χ1n) is 4.38. The van der Waals surface area contributed by atoms with Crippen LogP contribution in [0.25, 0.3) is 10.8 Å². The van der Waals surface area contributed by atoms with Crippen LogP contribution in [0.5, 0.6) is 0 Å². The van der Waals surface area contributed by atoms with Crippen molar-refractivity contribution in [2.75, 3.05) is 0 Å². The van der Waals surface area contributed by atoms with Crippen molar-refractivity contribution in [1.82, 2.24) is 4.98 Å². The van der Waals surface area contributed by atoms with E-state index in [9.17, 15) is 4.79 Å². The normalized spacial score (nSPS) is 10.5. The Morgan fingerprint density at radius 1 is 1.60 bits per heavy atom. The first kappa shape index (κ1) is 9.92. The molecule has 2 rings (SSSR count).